The van der Waals surface area contributed by atoms with E-state index in [2.05, 4.69) is 5.32 Å². The molecule has 0 fully saturated rings. The van der Waals surface area contributed by atoms with Crippen molar-refractivity contribution in [2.45, 2.75) is 26.8 Å². The van der Waals surface area contributed by atoms with Crippen LogP contribution in [0.4, 0.5) is 0 Å². The van der Waals surface area contributed by atoms with E-state index >= 15 is 0 Å². The number of hydrogen-bond donors (Lipinski definition) is 1. The van der Waals surface area contributed by atoms with Crippen molar-refractivity contribution in [3.05, 3.63) is 47.7 Å². The Morgan fingerprint density at radius 1 is 1.11 bits per heavy atom. The largest absolute Gasteiger partial charge is 0.451 e. The van der Waals surface area contributed by atoms with Gasteiger partial charge in [0.15, 0.2) is 5.76 Å². The van der Waals surface area contributed by atoms with E-state index < -0.39 is 0 Å². The monoisotopic (exact) mass is 243 g/mol. The summed E-state index contributed by atoms with van der Waals surface area (Å²) in [5.74, 6) is 0.881. The van der Waals surface area contributed by atoms with E-state index in [0.29, 0.717) is 11.5 Å². The molecule has 18 heavy (non-hydrogen) atoms. The summed E-state index contributed by atoms with van der Waals surface area (Å²) in [5, 5.41) is 2.80. The molecule has 1 N–H and O–H groups in total. The lowest BCUT2D eigenvalue weighted by atomic mass is 10.1. The van der Waals surface area contributed by atoms with E-state index in [1.807, 2.05) is 51.1 Å². The molecule has 3 nitrogen and oxygen atoms in total. The molecule has 0 bridgehead atoms. The summed E-state index contributed by atoms with van der Waals surface area (Å²) in [6.45, 7) is 5.87. The Bertz CT molecular complexity index is 538. The van der Waals surface area contributed by atoms with Gasteiger partial charge >= 0.3 is 0 Å². The van der Waals surface area contributed by atoms with E-state index in [0.717, 1.165) is 5.56 Å². The molecule has 0 saturated carbocycles. The van der Waals surface area contributed by atoms with Gasteiger partial charge in [0.25, 0.3) is 5.91 Å². The second-order valence-corrected chi connectivity index (χ2v) is 4.66. The lowest BCUT2D eigenvalue weighted by Crippen LogP contribution is -2.29. The van der Waals surface area contributed by atoms with Crippen LogP contribution in [0.3, 0.4) is 0 Å². The number of carbonyl (C=O) groups excluding carboxylic acids is 1. The van der Waals surface area contributed by atoms with Crippen molar-refractivity contribution >= 4 is 5.91 Å². The topological polar surface area (TPSA) is 42.2 Å². The van der Waals surface area contributed by atoms with Gasteiger partial charge in [-0.05, 0) is 32.9 Å². The third-order valence-electron chi connectivity index (χ3n) is 2.59. The van der Waals surface area contributed by atoms with E-state index in [1.54, 1.807) is 6.07 Å². The molecule has 1 heterocycles. The van der Waals surface area contributed by atoms with Gasteiger partial charge in [-0.15, -0.1) is 0 Å². The normalized spacial score (nSPS) is 10.7. The molecule has 0 aliphatic rings. The molecule has 94 valence electrons. The van der Waals surface area contributed by atoms with Crippen molar-refractivity contribution < 1.29 is 9.21 Å². The van der Waals surface area contributed by atoms with Gasteiger partial charge in [-0.3, -0.25) is 4.79 Å². The van der Waals surface area contributed by atoms with Crippen LogP contribution in [-0.4, -0.2) is 11.9 Å². The van der Waals surface area contributed by atoms with Gasteiger partial charge in [-0.1, -0.05) is 29.8 Å². The van der Waals surface area contributed by atoms with Gasteiger partial charge in [0.2, 0.25) is 0 Å². The van der Waals surface area contributed by atoms with E-state index in [1.165, 1.54) is 5.56 Å². The summed E-state index contributed by atoms with van der Waals surface area (Å²) in [6, 6.07) is 11.6. The van der Waals surface area contributed by atoms with Crippen LogP contribution >= 0.6 is 0 Å². The first-order valence-electron chi connectivity index (χ1n) is 6.04. The number of hydrogen-bond acceptors (Lipinski definition) is 2. The van der Waals surface area contributed by atoms with Crippen molar-refractivity contribution in [1.82, 2.24) is 5.32 Å². The number of carbonyl (C=O) groups is 1. The van der Waals surface area contributed by atoms with Gasteiger partial charge in [-0.2, -0.15) is 0 Å². The molecule has 0 radical (unpaired) electrons. The molecule has 0 saturated heterocycles. The summed E-state index contributed by atoms with van der Waals surface area (Å²) in [4.78, 5) is 11.7. The zero-order chi connectivity index (χ0) is 13.1. The summed E-state index contributed by atoms with van der Waals surface area (Å²) in [6.07, 6.45) is 0. The van der Waals surface area contributed by atoms with Gasteiger partial charge in [-0.25, -0.2) is 0 Å². The fourth-order valence-electron chi connectivity index (χ4n) is 1.67. The van der Waals surface area contributed by atoms with Crippen LogP contribution in [0.15, 0.2) is 40.8 Å². The van der Waals surface area contributed by atoms with E-state index in [9.17, 15) is 4.79 Å². The van der Waals surface area contributed by atoms with Crippen LogP contribution in [0.2, 0.25) is 0 Å². The SMILES string of the molecule is Cc1ccc(-c2ccc(C(=O)NC(C)C)o2)cc1. The Kier molecular flexibility index (Phi) is 3.51. The predicted octanol–water partition coefficient (Wildman–Crippen LogP) is 3.39. The fraction of sp³-hybridized carbons (Fsp3) is 0.267. The molecule has 3 heteroatoms. The number of benzene rings is 1. The highest BCUT2D eigenvalue weighted by Crippen LogP contribution is 2.22. The van der Waals surface area contributed by atoms with Crippen molar-refractivity contribution in [2.75, 3.05) is 0 Å². The number of rotatable bonds is 3. The molecule has 1 aromatic carbocycles. The molecule has 2 rings (SSSR count). The van der Waals surface area contributed by atoms with Crippen LogP contribution in [0.1, 0.15) is 30.0 Å². The first kappa shape index (κ1) is 12.4. The Hall–Kier alpha value is -2.03. The molecule has 0 aliphatic carbocycles. The van der Waals surface area contributed by atoms with Gasteiger partial charge < -0.3 is 9.73 Å². The molecular formula is C15H17NO2. The van der Waals surface area contributed by atoms with Crippen molar-refractivity contribution in [3.63, 3.8) is 0 Å². The summed E-state index contributed by atoms with van der Waals surface area (Å²) in [7, 11) is 0. The minimum Gasteiger partial charge on any atom is -0.451 e. The molecule has 0 aliphatic heterocycles. The standard InChI is InChI=1S/C15H17NO2/c1-10(2)16-15(17)14-9-8-13(18-14)12-6-4-11(3)5-7-12/h4-10H,1-3H3,(H,16,17). The second kappa shape index (κ2) is 5.08. The molecule has 2 aromatic rings. The first-order valence-corrected chi connectivity index (χ1v) is 6.04. The maximum Gasteiger partial charge on any atom is 0.287 e. The van der Waals surface area contributed by atoms with Crippen LogP contribution in [0, 0.1) is 6.92 Å². The Morgan fingerprint density at radius 3 is 2.39 bits per heavy atom. The summed E-state index contributed by atoms with van der Waals surface area (Å²) in [5.41, 5.74) is 2.17. The smallest absolute Gasteiger partial charge is 0.287 e. The van der Waals surface area contributed by atoms with Crippen LogP contribution in [0.5, 0.6) is 0 Å². The number of aryl methyl sites for hydroxylation is 1. The number of nitrogens with one attached hydrogen (secondary N) is 1. The minimum atomic E-state index is -0.177. The third-order valence-corrected chi connectivity index (χ3v) is 2.59. The maximum atomic E-state index is 11.7. The average Bonchev–Trinajstić information content (AvgIpc) is 2.78. The number of amides is 1. The zero-order valence-electron chi connectivity index (χ0n) is 10.9. The predicted molar refractivity (Wildman–Crippen MR) is 71.5 cm³/mol. The van der Waals surface area contributed by atoms with E-state index in [-0.39, 0.29) is 11.9 Å². The molecule has 0 atom stereocenters. The molecule has 0 spiro atoms. The van der Waals surface area contributed by atoms with Crippen LogP contribution < -0.4 is 5.32 Å². The molecule has 0 unspecified atom stereocenters. The molecule has 1 amide bonds. The highest BCUT2D eigenvalue weighted by molar-refractivity contribution is 5.92. The zero-order valence-corrected chi connectivity index (χ0v) is 10.9. The average molecular weight is 243 g/mol. The second-order valence-electron chi connectivity index (χ2n) is 4.66. The molecular weight excluding hydrogens is 226 g/mol. The summed E-state index contributed by atoms with van der Waals surface area (Å²) >= 11 is 0. The first-order chi connectivity index (χ1) is 8.56. The highest BCUT2D eigenvalue weighted by atomic mass is 16.3. The van der Waals surface area contributed by atoms with E-state index in [4.69, 9.17) is 4.42 Å². The maximum absolute atomic E-state index is 11.7. The minimum absolute atomic E-state index is 0.102. The van der Waals surface area contributed by atoms with Crippen LogP contribution in [0.25, 0.3) is 11.3 Å². The lowest BCUT2D eigenvalue weighted by Gasteiger charge is -2.05. The van der Waals surface area contributed by atoms with Crippen molar-refractivity contribution in [2.24, 2.45) is 0 Å². The van der Waals surface area contributed by atoms with Crippen LogP contribution in [-0.2, 0) is 0 Å². The quantitative estimate of drug-likeness (QED) is 0.897. The Morgan fingerprint density at radius 2 is 1.78 bits per heavy atom. The third kappa shape index (κ3) is 2.80. The Labute approximate surface area is 107 Å². The lowest BCUT2D eigenvalue weighted by molar-refractivity contribution is 0.0916. The van der Waals surface area contributed by atoms with Gasteiger partial charge in [0, 0.05) is 11.6 Å². The Balaban J connectivity index is 2.20. The number of furan rings is 1. The van der Waals surface area contributed by atoms with Crippen molar-refractivity contribution in [3.8, 4) is 11.3 Å². The highest BCUT2D eigenvalue weighted by Gasteiger charge is 2.12. The van der Waals surface area contributed by atoms with Gasteiger partial charge in [0.05, 0.1) is 0 Å². The van der Waals surface area contributed by atoms with Gasteiger partial charge in [0.1, 0.15) is 5.76 Å². The van der Waals surface area contributed by atoms with Crippen molar-refractivity contribution in [1.29, 1.82) is 0 Å². The fourth-order valence-corrected chi connectivity index (χ4v) is 1.67. The summed E-state index contributed by atoms with van der Waals surface area (Å²) < 4.78 is 5.56. The molecule has 1 aromatic heterocycles.